The average Bonchev–Trinajstić information content (AvgIpc) is 3.61. The number of methoxy groups -OCH3 is 2. The molecule has 35 heavy (non-hydrogen) atoms. The van der Waals surface area contributed by atoms with Crippen molar-refractivity contribution in [2.45, 2.75) is 49.8 Å². The van der Waals surface area contributed by atoms with Gasteiger partial charge in [0.15, 0.2) is 0 Å². The highest BCUT2D eigenvalue weighted by Gasteiger charge is 2.34. The summed E-state index contributed by atoms with van der Waals surface area (Å²) in [4.78, 5) is 19.5. The quantitative estimate of drug-likeness (QED) is 0.402. The van der Waals surface area contributed by atoms with Gasteiger partial charge in [-0.3, -0.25) is 4.79 Å². The zero-order valence-electron chi connectivity index (χ0n) is 20.3. The van der Waals surface area contributed by atoms with Gasteiger partial charge in [0.05, 0.1) is 37.9 Å². The fraction of sp³-hybridized carbons (Fsp3) is 0.385. The molecule has 1 aliphatic carbocycles. The summed E-state index contributed by atoms with van der Waals surface area (Å²) < 4.78 is 38.7. The molecule has 9 heteroatoms. The number of nitrogens with zero attached hydrogens (tertiary/aromatic N) is 3. The molecule has 186 valence electrons. The van der Waals surface area contributed by atoms with Crippen molar-refractivity contribution in [1.82, 2.24) is 14.5 Å². The van der Waals surface area contributed by atoms with Crippen LogP contribution in [0.3, 0.4) is 0 Å². The van der Waals surface area contributed by atoms with E-state index in [1.54, 1.807) is 54.1 Å². The highest BCUT2D eigenvalue weighted by molar-refractivity contribution is 7.90. The SMILES string of the molecule is COCCn1c(CN(C(=O)c2ccc(OC)cc2)C2CC2)cnc1S(=O)(=O)Cc1ccc(C)cc1. The molecule has 1 aliphatic rings. The molecular weight excluding hydrogens is 466 g/mol. The number of amides is 1. The Bertz CT molecular complexity index is 1260. The maximum atomic E-state index is 13.3. The van der Waals surface area contributed by atoms with E-state index in [2.05, 4.69) is 4.98 Å². The maximum Gasteiger partial charge on any atom is 0.254 e. The lowest BCUT2D eigenvalue weighted by Crippen LogP contribution is -2.33. The largest absolute Gasteiger partial charge is 0.497 e. The van der Waals surface area contributed by atoms with E-state index >= 15 is 0 Å². The summed E-state index contributed by atoms with van der Waals surface area (Å²) in [5, 5.41) is -0.00207. The Morgan fingerprint density at radius 1 is 1.09 bits per heavy atom. The summed E-state index contributed by atoms with van der Waals surface area (Å²) in [5.74, 6) is 0.438. The molecule has 0 unspecified atom stereocenters. The number of aromatic nitrogens is 2. The molecule has 0 atom stereocenters. The molecule has 4 rings (SSSR count). The zero-order chi connectivity index (χ0) is 25.0. The van der Waals surface area contributed by atoms with E-state index in [-0.39, 0.29) is 29.4 Å². The zero-order valence-corrected chi connectivity index (χ0v) is 21.1. The molecule has 0 aliphatic heterocycles. The van der Waals surface area contributed by atoms with Crippen LogP contribution in [0.1, 0.15) is 40.0 Å². The lowest BCUT2D eigenvalue weighted by molar-refractivity contribution is 0.0724. The third-order valence-electron chi connectivity index (χ3n) is 6.09. The van der Waals surface area contributed by atoms with Crippen molar-refractivity contribution >= 4 is 15.7 Å². The van der Waals surface area contributed by atoms with Crippen LogP contribution in [0, 0.1) is 6.92 Å². The summed E-state index contributed by atoms with van der Waals surface area (Å²) in [7, 11) is -0.555. The smallest absolute Gasteiger partial charge is 0.254 e. The Kier molecular flexibility index (Phi) is 7.57. The molecular formula is C26H31N3O5S. The number of rotatable bonds is 11. The molecule has 3 aromatic rings. The topological polar surface area (TPSA) is 90.7 Å². The average molecular weight is 498 g/mol. The Morgan fingerprint density at radius 3 is 2.37 bits per heavy atom. The first kappa shape index (κ1) is 24.9. The number of aryl methyl sites for hydroxylation is 1. The highest BCUT2D eigenvalue weighted by atomic mass is 32.2. The third kappa shape index (κ3) is 5.91. The van der Waals surface area contributed by atoms with Crippen LogP contribution >= 0.6 is 0 Å². The first-order chi connectivity index (χ1) is 16.8. The molecule has 1 saturated carbocycles. The van der Waals surface area contributed by atoms with Crippen molar-refractivity contribution in [2.24, 2.45) is 0 Å². The van der Waals surface area contributed by atoms with E-state index in [0.717, 1.165) is 18.4 Å². The van der Waals surface area contributed by atoms with E-state index in [9.17, 15) is 13.2 Å². The lowest BCUT2D eigenvalue weighted by Gasteiger charge is -2.23. The normalized spacial score (nSPS) is 13.6. The Hall–Kier alpha value is -3.17. The summed E-state index contributed by atoms with van der Waals surface area (Å²) in [6.07, 6.45) is 3.41. The van der Waals surface area contributed by atoms with Gasteiger partial charge in [-0.25, -0.2) is 13.4 Å². The molecule has 1 amide bonds. The second-order valence-electron chi connectivity index (χ2n) is 8.81. The third-order valence-corrected chi connectivity index (χ3v) is 7.69. The minimum Gasteiger partial charge on any atom is -0.497 e. The van der Waals surface area contributed by atoms with Crippen LogP contribution in [0.15, 0.2) is 59.9 Å². The molecule has 0 N–H and O–H groups in total. The summed E-state index contributed by atoms with van der Waals surface area (Å²) in [6, 6.07) is 14.6. The Balaban J connectivity index is 1.61. The van der Waals surface area contributed by atoms with E-state index in [4.69, 9.17) is 9.47 Å². The van der Waals surface area contributed by atoms with Gasteiger partial charge >= 0.3 is 0 Å². The van der Waals surface area contributed by atoms with E-state index in [1.165, 1.54) is 0 Å². The van der Waals surface area contributed by atoms with Gasteiger partial charge in [-0.05, 0) is 49.6 Å². The van der Waals surface area contributed by atoms with Crippen LogP contribution in [-0.2, 0) is 33.4 Å². The van der Waals surface area contributed by atoms with Crippen molar-refractivity contribution in [3.63, 3.8) is 0 Å². The standard InChI is InChI=1S/C26H31N3O5S/c1-19-4-6-20(7-5-19)18-35(31,32)26-27-16-23(28(26)14-15-33-2)17-29(22-10-11-22)25(30)21-8-12-24(34-3)13-9-21/h4-9,12-13,16,22H,10-11,14-15,17-18H2,1-3H3. The second kappa shape index (κ2) is 10.6. The van der Waals surface area contributed by atoms with Gasteiger partial charge in [-0.2, -0.15) is 0 Å². The minimum atomic E-state index is -3.71. The fourth-order valence-electron chi connectivity index (χ4n) is 3.98. The fourth-order valence-corrected chi connectivity index (χ4v) is 5.50. The number of imidazole rings is 1. The Labute approximate surface area is 206 Å². The molecule has 1 fully saturated rings. The summed E-state index contributed by atoms with van der Waals surface area (Å²) >= 11 is 0. The van der Waals surface area contributed by atoms with Gasteiger partial charge in [0.1, 0.15) is 5.75 Å². The predicted octanol–water partition coefficient (Wildman–Crippen LogP) is 3.63. The van der Waals surface area contributed by atoms with Gasteiger partial charge in [-0.1, -0.05) is 29.8 Å². The number of sulfone groups is 1. The van der Waals surface area contributed by atoms with Gasteiger partial charge < -0.3 is 18.9 Å². The monoisotopic (exact) mass is 497 g/mol. The van der Waals surface area contributed by atoms with Crippen LogP contribution < -0.4 is 4.74 Å². The van der Waals surface area contributed by atoms with Crippen molar-refractivity contribution in [3.05, 3.63) is 77.1 Å². The van der Waals surface area contributed by atoms with Crippen molar-refractivity contribution in [2.75, 3.05) is 20.8 Å². The van der Waals surface area contributed by atoms with Crippen molar-refractivity contribution in [3.8, 4) is 5.75 Å². The number of carbonyl (C=O) groups excluding carboxylic acids is 1. The summed E-state index contributed by atoms with van der Waals surface area (Å²) in [6.45, 7) is 2.88. The molecule has 0 bridgehead atoms. The van der Waals surface area contributed by atoms with Crippen LogP contribution in [0.25, 0.3) is 0 Å². The minimum absolute atomic E-state index is 0.00207. The number of hydrogen-bond acceptors (Lipinski definition) is 6. The van der Waals surface area contributed by atoms with E-state index in [1.807, 2.05) is 31.2 Å². The molecule has 0 radical (unpaired) electrons. The Morgan fingerprint density at radius 2 is 1.77 bits per heavy atom. The van der Waals surface area contributed by atoms with Crippen LogP contribution in [-0.4, -0.2) is 55.6 Å². The molecule has 2 aromatic carbocycles. The maximum absolute atomic E-state index is 13.3. The lowest BCUT2D eigenvalue weighted by atomic mass is 10.2. The number of hydrogen-bond donors (Lipinski definition) is 0. The molecule has 8 nitrogen and oxygen atoms in total. The van der Waals surface area contributed by atoms with Crippen LogP contribution in [0.2, 0.25) is 0 Å². The first-order valence-corrected chi connectivity index (χ1v) is 13.2. The van der Waals surface area contributed by atoms with E-state index < -0.39 is 9.84 Å². The van der Waals surface area contributed by atoms with Crippen molar-refractivity contribution in [1.29, 1.82) is 0 Å². The van der Waals surface area contributed by atoms with Crippen LogP contribution in [0.5, 0.6) is 5.75 Å². The highest BCUT2D eigenvalue weighted by Crippen LogP contribution is 2.31. The van der Waals surface area contributed by atoms with Crippen molar-refractivity contribution < 1.29 is 22.7 Å². The molecule has 1 aromatic heterocycles. The summed E-state index contributed by atoms with van der Waals surface area (Å²) in [5.41, 5.74) is 3.00. The van der Waals surface area contributed by atoms with Gasteiger partial charge in [-0.15, -0.1) is 0 Å². The second-order valence-corrected chi connectivity index (χ2v) is 10.7. The predicted molar refractivity (Wildman–Crippen MR) is 132 cm³/mol. The number of benzene rings is 2. The first-order valence-electron chi connectivity index (χ1n) is 11.6. The van der Waals surface area contributed by atoms with Gasteiger partial charge in [0.25, 0.3) is 5.91 Å². The van der Waals surface area contributed by atoms with Crippen LogP contribution in [0.4, 0.5) is 0 Å². The van der Waals surface area contributed by atoms with Gasteiger partial charge in [0.2, 0.25) is 15.0 Å². The molecule has 0 spiro atoms. The number of carbonyl (C=O) groups is 1. The van der Waals surface area contributed by atoms with Gasteiger partial charge in [0, 0.05) is 25.3 Å². The molecule has 1 heterocycles. The molecule has 0 saturated heterocycles. The van der Waals surface area contributed by atoms with E-state index in [0.29, 0.717) is 35.7 Å². The number of ether oxygens (including phenoxy) is 2.